The summed E-state index contributed by atoms with van der Waals surface area (Å²) in [5, 5.41) is 2.88. The van der Waals surface area contributed by atoms with E-state index >= 15 is 0 Å². The van der Waals surface area contributed by atoms with E-state index in [0.29, 0.717) is 24.3 Å². The average Bonchev–Trinajstić information content (AvgIpc) is 2.71. The molecule has 27 heavy (non-hydrogen) atoms. The highest BCUT2D eigenvalue weighted by Crippen LogP contribution is 2.16. The zero-order valence-electron chi connectivity index (χ0n) is 15.4. The van der Waals surface area contributed by atoms with Crippen LogP contribution in [0, 0.1) is 0 Å². The van der Waals surface area contributed by atoms with Gasteiger partial charge in [0.2, 0.25) is 5.91 Å². The van der Waals surface area contributed by atoms with Gasteiger partial charge in [0.15, 0.2) is 0 Å². The van der Waals surface area contributed by atoms with Crippen LogP contribution in [-0.4, -0.2) is 47.9 Å². The van der Waals surface area contributed by atoms with Crippen molar-refractivity contribution in [2.24, 2.45) is 0 Å². The van der Waals surface area contributed by atoms with E-state index in [9.17, 15) is 9.59 Å². The van der Waals surface area contributed by atoms with Gasteiger partial charge in [-0.3, -0.25) is 9.59 Å². The zero-order chi connectivity index (χ0) is 19.1. The summed E-state index contributed by atoms with van der Waals surface area (Å²) in [7, 11) is 0. The molecule has 142 valence electrons. The maximum atomic E-state index is 12.3. The maximum Gasteiger partial charge on any atom is 0.255 e. The summed E-state index contributed by atoms with van der Waals surface area (Å²) >= 11 is 1.89. The van der Waals surface area contributed by atoms with Gasteiger partial charge in [-0.25, -0.2) is 0 Å². The molecule has 3 rings (SSSR count). The van der Waals surface area contributed by atoms with Gasteiger partial charge in [0.05, 0.1) is 13.0 Å². The minimum absolute atomic E-state index is 0.168. The molecule has 1 aliphatic rings. The molecule has 1 aliphatic heterocycles. The molecule has 2 aromatic rings. The number of hydrogen-bond donors (Lipinski definition) is 1. The summed E-state index contributed by atoms with van der Waals surface area (Å²) in [6.07, 6.45) is 0.401. The van der Waals surface area contributed by atoms with Gasteiger partial charge < -0.3 is 15.0 Å². The number of ether oxygens (including phenoxy) is 1. The second kappa shape index (κ2) is 9.46. The fraction of sp³-hybridized carbons (Fsp3) is 0.333. The second-order valence-corrected chi connectivity index (χ2v) is 7.50. The smallest absolute Gasteiger partial charge is 0.255 e. The molecule has 5 nitrogen and oxygen atoms in total. The van der Waals surface area contributed by atoms with Crippen LogP contribution in [0.1, 0.15) is 22.8 Å². The van der Waals surface area contributed by atoms with Crippen LogP contribution in [0.3, 0.4) is 0 Å². The number of nitrogens with zero attached hydrogens (tertiary/aromatic N) is 1. The highest BCUT2D eigenvalue weighted by atomic mass is 32.2. The third-order valence-electron chi connectivity index (χ3n) is 4.36. The van der Waals surface area contributed by atoms with Crippen molar-refractivity contribution in [3.05, 3.63) is 59.7 Å². The first-order chi connectivity index (χ1) is 13.2. The molecule has 2 aromatic carbocycles. The fourth-order valence-electron chi connectivity index (χ4n) is 2.88. The Bertz CT molecular complexity index is 769. The molecule has 0 aromatic heterocycles. The van der Waals surface area contributed by atoms with Gasteiger partial charge in [-0.15, -0.1) is 0 Å². The van der Waals surface area contributed by atoms with E-state index in [1.54, 1.807) is 24.3 Å². The number of anilines is 1. The molecule has 1 N–H and O–H groups in total. The predicted molar refractivity (Wildman–Crippen MR) is 110 cm³/mol. The second-order valence-electron chi connectivity index (χ2n) is 6.28. The summed E-state index contributed by atoms with van der Waals surface area (Å²) in [6.45, 7) is 4.18. The third-order valence-corrected chi connectivity index (χ3v) is 5.30. The Labute approximate surface area is 164 Å². The lowest BCUT2D eigenvalue weighted by atomic mass is 10.1. The summed E-state index contributed by atoms with van der Waals surface area (Å²) in [4.78, 5) is 26.6. The van der Waals surface area contributed by atoms with Crippen molar-refractivity contribution in [3.63, 3.8) is 0 Å². The lowest BCUT2D eigenvalue weighted by molar-refractivity contribution is -0.130. The van der Waals surface area contributed by atoms with Crippen molar-refractivity contribution in [2.75, 3.05) is 36.5 Å². The molecule has 0 aliphatic carbocycles. The first-order valence-electron chi connectivity index (χ1n) is 9.14. The molecular formula is C21H24N2O3S. The molecular weight excluding hydrogens is 360 g/mol. The zero-order valence-corrected chi connectivity index (χ0v) is 16.3. The van der Waals surface area contributed by atoms with Crippen LogP contribution in [0.15, 0.2) is 48.5 Å². The molecule has 0 spiro atoms. The Hall–Kier alpha value is -2.47. The largest absolute Gasteiger partial charge is 0.494 e. The van der Waals surface area contributed by atoms with Gasteiger partial charge in [-0.1, -0.05) is 12.1 Å². The average molecular weight is 385 g/mol. The van der Waals surface area contributed by atoms with E-state index in [1.807, 2.05) is 47.9 Å². The SMILES string of the molecule is CCOc1ccc(C(=O)Nc2ccc(CC(=O)N3CCSCC3)cc2)cc1. The Balaban J connectivity index is 1.55. The van der Waals surface area contributed by atoms with Gasteiger partial charge >= 0.3 is 0 Å². The van der Waals surface area contributed by atoms with E-state index in [0.717, 1.165) is 35.9 Å². The highest BCUT2D eigenvalue weighted by Gasteiger charge is 2.16. The number of rotatable bonds is 6. The number of hydrogen-bond acceptors (Lipinski definition) is 4. The summed E-state index contributed by atoms with van der Waals surface area (Å²) < 4.78 is 5.38. The van der Waals surface area contributed by atoms with Crippen LogP contribution < -0.4 is 10.1 Å². The monoisotopic (exact) mass is 384 g/mol. The number of carbonyl (C=O) groups is 2. The fourth-order valence-corrected chi connectivity index (χ4v) is 3.78. The molecule has 1 fully saturated rings. The molecule has 2 amide bonds. The van der Waals surface area contributed by atoms with Crippen molar-refractivity contribution in [1.82, 2.24) is 4.90 Å². The Kier molecular flexibility index (Phi) is 6.76. The molecule has 0 radical (unpaired) electrons. The number of nitrogens with one attached hydrogen (secondary N) is 1. The number of thioether (sulfide) groups is 1. The van der Waals surface area contributed by atoms with Gasteiger partial charge in [0.1, 0.15) is 5.75 Å². The molecule has 0 bridgehead atoms. The quantitative estimate of drug-likeness (QED) is 0.829. The summed E-state index contributed by atoms with van der Waals surface area (Å²) in [5.74, 6) is 2.77. The van der Waals surface area contributed by atoms with Crippen LogP contribution >= 0.6 is 11.8 Å². The first-order valence-corrected chi connectivity index (χ1v) is 10.3. The molecule has 1 heterocycles. The Morgan fingerprint density at radius 3 is 2.33 bits per heavy atom. The van der Waals surface area contributed by atoms with E-state index in [-0.39, 0.29) is 11.8 Å². The number of amides is 2. The van der Waals surface area contributed by atoms with Crippen molar-refractivity contribution in [2.45, 2.75) is 13.3 Å². The lowest BCUT2D eigenvalue weighted by Crippen LogP contribution is -2.38. The predicted octanol–water partition coefficient (Wildman–Crippen LogP) is 3.46. The summed E-state index contributed by atoms with van der Waals surface area (Å²) in [6, 6.07) is 14.5. The molecule has 1 saturated heterocycles. The van der Waals surface area contributed by atoms with E-state index in [4.69, 9.17) is 4.74 Å². The van der Waals surface area contributed by atoms with Crippen LogP contribution in [0.25, 0.3) is 0 Å². The van der Waals surface area contributed by atoms with E-state index < -0.39 is 0 Å². The van der Waals surface area contributed by atoms with Crippen molar-refractivity contribution < 1.29 is 14.3 Å². The van der Waals surface area contributed by atoms with Gasteiger partial charge in [-0.2, -0.15) is 11.8 Å². The molecule has 0 saturated carbocycles. The van der Waals surface area contributed by atoms with Crippen LogP contribution in [-0.2, 0) is 11.2 Å². The maximum absolute atomic E-state index is 12.3. The van der Waals surface area contributed by atoms with Gasteiger partial charge in [-0.05, 0) is 48.9 Å². The molecule has 0 unspecified atom stereocenters. The van der Waals surface area contributed by atoms with Crippen LogP contribution in [0.4, 0.5) is 5.69 Å². The van der Waals surface area contributed by atoms with Gasteiger partial charge in [0, 0.05) is 35.8 Å². The molecule has 6 heteroatoms. The minimum atomic E-state index is -0.173. The van der Waals surface area contributed by atoms with Crippen molar-refractivity contribution in [3.8, 4) is 5.75 Å². The highest BCUT2D eigenvalue weighted by molar-refractivity contribution is 7.99. The number of benzene rings is 2. The number of carbonyl (C=O) groups excluding carboxylic acids is 2. The van der Waals surface area contributed by atoms with Crippen molar-refractivity contribution in [1.29, 1.82) is 0 Å². The normalized spacial score (nSPS) is 13.9. The van der Waals surface area contributed by atoms with E-state index in [1.165, 1.54) is 0 Å². The first kappa shape index (κ1) is 19.3. The van der Waals surface area contributed by atoms with Crippen molar-refractivity contribution >= 4 is 29.3 Å². The Morgan fingerprint density at radius 2 is 1.70 bits per heavy atom. The topological polar surface area (TPSA) is 58.6 Å². The summed E-state index contributed by atoms with van der Waals surface area (Å²) in [5.41, 5.74) is 2.23. The Morgan fingerprint density at radius 1 is 1.04 bits per heavy atom. The van der Waals surface area contributed by atoms with Gasteiger partial charge in [0.25, 0.3) is 5.91 Å². The third kappa shape index (κ3) is 5.50. The van der Waals surface area contributed by atoms with Crippen LogP contribution in [0.5, 0.6) is 5.75 Å². The standard InChI is InChI=1S/C21H24N2O3S/c1-2-26-19-9-5-17(6-10-19)21(25)22-18-7-3-16(4-8-18)15-20(24)23-11-13-27-14-12-23/h3-10H,2,11-15H2,1H3,(H,22,25). The van der Waals surface area contributed by atoms with E-state index in [2.05, 4.69) is 5.32 Å². The molecule has 0 atom stereocenters. The minimum Gasteiger partial charge on any atom is -0.494 e. The lowest BCUT2D eigenvalue weighted by Gasteiger charge is -2.26. The van der Waals surface area contributed by atoms with Crippen LogP contribution in [0.2, 0.25) is 0 Å².